The number of hydrogen-bond acceptors (Lipinski definition) is 10. The van der Waals surface area contributed by atoms with E-state index in [9.17, 15) is 10.2 Å². The van der Waals surface area contributed by atoms with Crippen LogP contribution in [0.1, 0.15) is 6.23 Å². The van der Waals surface area contributed by atoms with Gasteiger partial charge in [-0.05, 0) is 0 Å². The first-order valence-electron chi connectivity index (χ1n) is 6.15. The second-order valence-corrected chi connectivity index (χ2v) is 4.56. The van der Waals surface area contributed by atoms with Crippen LogP contribution in [-0.4, -0.2) is 54.7 Å². The van der Waals surface area contributed by atoms with Crippen molar-refractivity contribution < 1.29 is 19.8 Å². The number of nitrogens with one attached hydrogen (secondary N) is 1. The number of aliphatic hydroxyl groups excluding tert-OH is 2. The molecule has 21 heavy (non-hydrogen) atoms. The van der Waals surface area contributed by atoms with E-state index in [1.165, 1.54) is 17.2 Å². The van der Waals surface area contributed by atoms with Crippen molar-refractivity contribution in [3.63, 3.8) is 0 Å². The number of hydrazine groups is 1. The molecule has 1 fully saturated rings. The van der Waals surface area contributed by atoms with E-state index in [0.717, 1.165) is 0 Å². The lowest BCUT2D eigenvalue weighted by molar-refractivity contribution is -0.0862. The van der Waals surface area contributed by atoms with Crippen LogP contribution in [0.5, 0.6) is 0 Å². The van der Waals surface area contributed by atoms with Gasteiger partial charge in [0.1, 0.15) is 30.2 Å². The average Bonchev–Trinajstić information content (AvgIpc) is 3.02. The van der Waals surface area contributed by atoms with Gasteiger partial charge in [0.15, 0.2) is 17.7 Å². The van der Waals surface area contributed by atoms with Crippen molar-refractivity contribution >= 4 is 17.0 Å². The summed E-state index contributed by atoms with van der Waals surface area (Å²) in [5.41, 5.74) is 8.48. The van der Waals surface area contributed by atoms with Crippen molar-refractivity contribution in [2.45, 2.75) is 24.5 Å². The van der Waals surface area contributed by atoms with Crippen molar-refractivity contribution in [1.29, 1.82) is 0 Å². The number of aliphatic hydroxyl groups is 2. The van der Waals surface area contributed by atoms with Crippen LogP contribution in [-0.2, 0) is 9.57 Å². The minimum Gasteiger partial charge on any atom is -0.387 e. The smallest absolute Gasteiger partial charge is 0.167 e. The fraction of sp³-hybridized carbons (Fsp3) is 0.500. The zero-order valence-electron chi connectivity index (χ0n) is 10.8. The molecule has 1 saturated heterocycles. The largest absolute Gasteiger partial charge is 0.387 e. The first-order valence-corrected chi connectivity index (χ1v) is 6.15. The molecule has 2 aromatic rings. The van der Waals surface area contributed by atoms with Crippen LogP contribution in [0.3, 0.4) is 0 Å². The Morgan fingerprint density at radius 1 is 1.33 bits per heavy atom. The number of fused-ring (bicyclic) bond motifs is 1. The topological polar surface area (TPSA) is 167 Å². The van der Waals surface area contributed by atoms with Gasteiger partial charge in [0, 0.05) is 0 Å². The molecule has 1 aliphatic heterocycles. The van der Waals surface area contributed by atoms with Crippen molar-refractivity contribution in [3.8, 4) is 0 Å². The second kappa shape index (κ2) is 5.48. The number of nitrogens with two attached hydrogens (primary N) is 2. The van der Waals surface area contributed by atoms with Gasteiger partial charge in [-0.1, -0.05) is 0 Å². The predicted molar refractivity (Wildman–Crippen MR) is 68.9 cm³/mol. The highest BCUT2D eigenvalue weighted by Crippen LogP contribution is 2.31. The molecule has 0 radical (unpaired) electrons. The van der Waals surface area contributed by atoms with Crippen LogP contribution in [0.15, 0.2) is 12.7 Å². The summed E-state index contributed by atoms with van der Waals surface area (Å²) in [4.78, 5) is 16.8. The molecule has 7 N–H and O–H groups in total. The summed E-state index contributed by atoms with van der Waals surface area (Å²) >= 11 is 0. The SMILES string of the molecule is NNOC[C@H]1O[C@@H](n2cnc3c(N)ncnc32)[C@H](O)[C@@H]1O. The van der Waals surface area contributed by atoms with Gasteiger partial charge in [0.05, 0.1) is 12.9 Å². The van der Waals surface area contributed by atoms with Crippen LogP contribution < -0.4 is 17.2 Å². The van der Waals surface area contributed by atoms with Crippen molar-refractivity contribution in [1.82, 2.24) is 25.1 Å². The van der Waals surface area contributed by atoms with E-state index in [0.29, 0.717) is 11.2 Å². The summed E-state index contributed by atoms with van der Waals surface area (Å²) in [5.74, 6) is 5.21. The molecule has 3 rings (SSSR count). The van der Waals surface area contributed by atoms with Gasteiger partial charge in [0.25, 0.3) is 0 Å². The van der Waals surface area contributed by atoms with E-state index in [4.69, 9.17) is 21.2 Å². The monoisotopic (exact) mass is 297 g/mol. The Morgan fingerprint density at radius 2 is 2.14 bits per heavy atom. The summed E-state index contributed by atoms with van der Waals surface area (Å²) in [6, 6.07) is 0. The van der Waals surface area contributed by atoms with E-state index in [-0.39, 0.29) is 12.4 Å². The third-order valence-electron chi connectivity index (χ3n) is 3.33. The molecule has 11 nitrogen and oxygen atoms in total. The lowest BCUT2D eigenvalue weighted by Crippen LogP contribution is -2.36. The van der Waals surface area contributed by atoms with Gasteiger partial charge >= 0.3 is 0 Å². The molecular weight excluding hydrogens is 282 g/mol. The fourth-order valence-electron chi connectivity index (χ4n) is 2.28. The van der Waals surface area contributed by atoms with Crippen molar-refractivity contribution in [3.05, 3.63) is 12.7 Å². The summed E-state index contributed by atoms with van der Waals surface area (Å²) in [5, 5.41) is 20.1. The summed E-state index contributed by atoms with van der Waals surface area (Å²) in [7, 11) is 0. The number of hydrogen-bond donors (Lipinski definition) is 5. The third-order valence-corrected chi connectivity index (χ3v) is 3.33. The van der Waals surface area contributed by atoms with E-state index in [1.807, 2.05) is 5.59 Å². The highest BCUT2D eigenvalue weighted by molar-refractivity contribution is 5.81. The molecule has 1 aliphatic rings. The molecule has 0 unspecified atom stereocenters. The molecule has 0 spiro atoms. The van der Waals surface area contributed by atoms with Crippen LogP contribution in [0.2, 0.25) is 0 Å². The molecule has 0 amide bonds. The zero-order chi connectivity index (χ0) is 15.0. The lowest BCUT2D eigenvalue weighted by atomic mass is 10.1. The molecule has 114 valence electrons. The molecule has 11 heteroatoms. The van der Waals surface area contributed by atoms with E-state index in [1.54, 1.807) is 0 Å². The van der Waals surface area contributed by atoms with Gasteiger partial charge in [-0.3, -0.25) is 9.40 Å². The lowest BCUT2D eigenvalue weighted by Gasteiger charge is -2.16. The Balaban J connectivity index is 1.90. The molecule has 0 aliphatic carbocycles. The number of anilines is 1. The van der Waals surface area contributed by atoms with Crippen LogP contribution in [0, 0.1) is 0 Å². The Morgan fingerprint density at radius 3 is 2.90 bits per heavy atom. The first kappa shape index (κ1) is 14.1. The maximum atomic E-state index is 10.1. The van der Waals surface area contributed by atoms with Gasteiger partial charge in [-0.2, -0.15) is 0 Å². The van der Waals surface area contributed by atoms with E-state index >= 15 is 0 Å². The summed E-state index contributed by atoms with van der Waals surface area (Å²) < 4.78 is 7.06. The maximum Gasteiger partial charge on any atom is 0.167 e. The standard InChI is InChI=1S/C10H15N7O4/c11-8-5-9(14-2-13-8)17(3-15-5)10-7(19)6(18)4(21-10)1-20-16-12/h2-4,6-7,10,16,18-19H,1,12H2,(H2,11,13,14)/t4-,6-,7-,10-/m1/s1. The normalized spacial score (nSPS) is 29.3. The number of nitrogens with zero attached hydrogens (tertiary/aromatic N) is 4. The zero-order valence-corrected chi connectivity index (χ0v) is 10.8. The molecule has 0 saturated carbocycles. The van der Waals surface area contributed by atoms with Crippen molar-refractivity contribution in [2.24, 2.45) is 5.84 Å². The van der Waals surface area contributed by atoms with E-state index < -0.39 is 24.5 Å². The fourth-order valence-corrected chi connectivity index (χ4v) is 2.28. The van der Waals surface area contributed by atoms with Gasteiger partial charge in [-0.25, -0.2) is 20.8 Å². The highest BCUT2D eigenvalue weighted by Gasteiger charge is 2.44. The van der Waals surface area contributed by atoms with Crippen LogP contribution in [0.4, 0.5) is 5.82 Å². The highest BCUT2D eigenvalue weighted by atomic mass is 16.7. The third kappa shape index (κ3) is 2.31. The number of imidazole rings is 1. The number of ether oxygens (including phenoxy) is 1. The molecule has 3 heterocycles. The van der Waals surface area contributed by atoms with Crippen LogP contribution in [0.25, 0.3) is 11.2 Å². The minimum absolute atomic E-state index is 0.0328. The number of nitrogen functional groups attached to an aromatic ring is 1. The molecule has 4 atom stereocenters. The minimum atomic E-state index is -1.18. The summed E-state index contributed by atoms with van der Waals surface area (Å²) in [6.07, 6.45) is -1.24. The second-order valence-electron chi connectivity index (χ2n) is 4.56. The quantitative estimate of drug-likeness (QED) is 0.298. The molecular formula is C10H15N7O4. The molecule has 0 bridgehead atoms. The Hall–Kier alpha value is -1.89. The predicted octanol–water partition coefficient (Wildman–Crippen LogP) is -2.58. The number of rotatable bonds is 4. The van der Waals surface area contributed by atoms with Crippen LogP contribution >= 0.6 is 0 Å². The average molecular weight is 297 g/mol. The van der Waals surface area contributed by atoms with E-state index in [2.05, 4.69) is 15.0 Å². The Labute approximate surface area is 118 Å². The van der Waals surface area contributed by atoms with Gasteiger partial charge < -0.3 is 20.7 Å². The Kier molecular flexibility index (Phi) is 3.67. The first-order chi connectivity index (χ1) is 10.1. The maximum absolute atomic E-state index is 10.1. The van der Waals surface area contributed by atoms with Crippen molar-refractivity contribution in [2.75, 3.05) is 12.3 Å². The molecule has 0 aromatic carbocycles. The number of aromatic nitrogens is 4. The molecule has 2 aromatic heterocycles. The Bertz CT molecular complexity index is 635. The van der Waals surface area contributed by atoms with Gasteiger partial charge in [0.2, 0.25) is 0 Å². The van der Waals surface area contributed by atoms with Gasteiger partial charge in [-0.15, -0.1) is 5.59 Å². The summed E-state index contributed by atoms with van der Waals surface area (Å²) in [6.45, 7) is -0.0328.